The molecule has 0 aromatic heterocycles. The van der Waals surface area contributed by atoms with Crippen molar-refractivity contribution in [2.24, 2.45) is 0 Å². The van der Waals surface area contributed by atoms with Gasteiger partial charge in [-0.15, -0.1) is 11.8 Å². The Kier molecular flexibility index (Phi) is 6.45. The molecule has 2 nitrogen and oxygen atoms in total. The number of benzene rings is 1. The van der Waals surface area contributed by atoms with Gasteiger partial charge in [-0.1, -0.05) is 37.1 Å². The summed E-state index contributed by atoms with van der Waals surface area (Å²) in [6, 6.07) is 7.59. The molecule has 0 aliphatic carbocycles. The Morgan fingerprint density at radius 1 is 1.47 bits per heavy atom. The van der Waals surface area contributed by atoms with Crippen molar-refractivity contribution in [1.29, 1.82) is 0 Å². The summed E-state index contributed by atoms with van der Waals surface area (Å²) < 4.78 is 0. The average molecular weight is 272 g/mol. The number of hydrogen-bond acceptors (Lipinski definition) is 2. The monoisotopic (exact) mass is 271 g/mol. The summed E-state index contributed by atoms with van der Waals surface area (Å²) in [6.07, 6.45) is 2.11. The summed E-state index contributed by atoms with van der Waals surface area (Å²) in [7, 11) is 0. The maximum atomic E-state index is 11.8. The number of thioether (sulfide) groups is 1. The van der Waals surface area contributed by atoms with Gasteiger partial charge in [0, 0.05) is 11.4 Å². The number of halogens is 1. The van der Waals surface area contributed by atoms with E-state index in [4.69, 9.17) is 11.6 Å². The Bertz CT molecular complexity index is 370. The van der Waals surface area contributed by atoms with Crippen molar-refractivity contribution in [3.05, 3.63) is 29.3 Å². The second-order valence-electron chi connectivity index (χ2n) is 3.84. The minimum atomic E-state index is -0.119. The van der Waals surface area contributed by atoms with Crippen LogP contribution in [0.4, 0.5) is 0 Å². The highest BCUT2D eigenvalue weighted by molar-refractivity contribution is 8.00. The van der Waals surface area contributed by atoms with E-state index in [0.717, 1.165) is 24.3 Å². The molecule has 1 N–H and O–H groups in total. The Labute approximate surface area is 112 Å². The molecule has 1 atom stereocenters. The lowest BCUT2D eigenvalue weighted by Gasteiger charge is -2.12. The highest BCUT2D eigenvalue weighted by Crippen LogP contribution is 2.29. The highest BCUT2D eigenvalue weighted by Gasteiger charge is 2.14. The van der Waals surface area contributed by atoms with Gasteiger partial charge in [-0.2, -0.15) is 0 Å². The number of rotatable bonds is 6. The first-order chi connectivity index (χ1) is 8.15. The molecule has 0 aliphatic rings. The summed E-state index contributed by atoms with van der Waals surface area (Å²) in [5.74, 6) is 0.0726. The zero-order valence-electron chi connectivity index (χ0n) is 10.2. The predicted octanol–water partition coefficient (Wildman–Crippen LogP) is 3.74. The largest absolute Gasteiger partial charge is 0.355 e. The molecule has 0 saturated carbocycles. The van der Waals surface area contributed by atoms with Crippen molar-refractivity contribution in [3.8, 4) is 0 Å². The van der Waals surface area contributed by atoms with Crippen molar-refractivity contribution in [1.82, 2.24) is 5.32 Å². The van der Waals surface area contributed by atoms with Crippen molar-refractivity contribution in [3.63, 3.8) is 0 Å². The van der Waals surface area contributed by atoms with Crippen molar-refractivity contribution in [2.75, 3.05) is 6.54 Å². The Balaban J connectivity index is 2.46. The third kappa shape index (κ3) is 5.00. The van der Waals surface area contributed by atoms with Gasteiger partial charge in [0.1, 0.15) is 0 Å². The number of carbonyl (C=O) groups excluding carboxylic acids is 1. The van der Waals surface area contributed by atoms with Crippen LogP contribution in [0.3, 0.4) is 0 Å². The first-order valence-corrected chi connectivity index (χ1v) is 7.09. The number of hydrogen-bond donors (Lipinski definition) is 1. The van der Waals surface area contributed by atoms with Gasteiger partial charge in [0.05, 0.1) is 10.3 Å². The SMILES string of the molecule is CCCCNC(=O)C(C)Sc1ccccc1Cl. The predicted molar refractivity (Wildman–Crippen MR) is 74.7 cm³/mol. The third-order valence-electron chi connectivity index (χ3n) is 2.34. The molecular formula is C13H18ClNOS. The second kappa shape index (κ2) is 7.62. The Hall–Kier alpha value is -0.670. The summed E-state index contributed by atoms with van der Waals surface area (Å²) in [4.78, 5) is 12.7. The van der Waals surface area contributed by atoms with Crippen LogP contribution in [0.25, 0.3) is 0 Å². The molecule has 0 radical (unpaired) electrons. The molecule has 0 fully saturated rings. The molecule has 1 rings (SSSR count). The fourth-order valence-electron chi connectivity index (χ4n) is 1.32. The average Bonchev–Trinajstić information content (AvgIpc) is 2.32. The lowest BCUT2D eigenvalue weighted by Crippen LogP contribution is -2.31. The van der Waals surface area contributed by atoms with E-state index in [1.165, 1.54) is 11.8 Å². The summed E-state index contributed by atoms with van der Waals surface area (Å²) in [5.41, 5.74) is 0. The van der Waals surface area contributed by atoms with Gasteiger partial charge >= 0.3 is 0 Å². The Morgan fingerprint density at radius 3 is 2.82 bits per heavy atom. The molecule has 0 heterocycles. The van der Waals surface area contributed by atoms with Crippen LogP contribution in [0.1, 0.15) is 26.7 Å². The summed E-state index contributed by atoms with van der Waals surface area (Å²) in [5, 5.41) is 3.50. The standard InChI is InChI=1S/C13H18ClNOS/c1-3-4-9-15-13(16)10(2)17-12-8-6-5-7-11(12)14/h5-8,10H,3-4,9H2,1-2H3,(H,15,16). The van der Waals surface area contributed by atoms with Crippen LogP contribution in [-0.4, -0.2) is 17.7 Å². The van der Waals surface area contributed by atoms with Gasteiger partial charge in [0.15, 0.2) is 0 Å². The van der Waals surface area contributed by atoms with Crippen LogP contribution in [0.15, 0.2) is 29.2 Å². The van der Waals surface area contributed by atoms with Gasteiger partial charge < -0.3 is 5.32 Å². The lowest BCUT2D eigenvalue weighted by molar-refractivity contribution is -0.120. The molecule has 1 aromatic carbocycles. The molecule has 0 bridgehead atoms. The summed E-state index contributed by atoms with van der Waals surface area (Å²) in [6.45, 7) is 4.76. The van der Waals surface area contributed by atoms with Gasteiger partial charge in [0.2, 0.25) is 5.91 Å². The van der Waals surface area contributed by atoms with Crippen LogP contribution < -0.4 is 5.32 Å². The van der Waals surface area contributed by atoms with E-state index < -0.39 is 0 Å². The van der Waals surface area contributed by atoms with Crippen LogP contribution in [-0.2, 0) is 4.79 Å². The maximum Gasteiger partial charge on any atom is 0.233 e. The molecule has 1 aromatic rings. The highest BCUT2D eigenvalue weighted by atomic mass is 35.5. The zero-order valence-corrected chi connectivity index (χ0v) is 11.8. The molecule has 0 aliphatic heterocycles. The van der Waals surface area contributed by atoms with Gasteiger partial charge in [0.25, 0.3) is 0 Å². The van der Waals surface area contributed by atoms with E-state index in [9.17, 15) is 4.79 Å². The first-order valence-electron chi connectivity index (χ1n) is 5.84. The zero-order chi connectivity index (χ0) is 12.7. The minimum Gasteiger partial charge on any atom is -0.355 e. The number of nitrogens with one attached hydrogen (secondary N) is 1. The third-order valence-corrected chi connectivity index (χ3v) is 3.96. The molecule has 1 amide bonds. The van der Waals surface area contributed by atoms with Crippen LogP contribution in [0.2, 0.25) is 5.02 Å². The van der Waals surface area contributed by atoms with Gasteiger partial charge in [-0.25, -0.2) is 0 Å². The van der Waals surface area contributed by atoms with Gasteiger partial charge in [-0.05, 0) is 25.5 Å². The quantitative estimate of drug-likeness (QED) is 0.631. The molecule has 0 spiro atoms. The van der Waals surface area contributed by atoms with Crippen LogP contribution in [0.5, 0.6) is 0 Å². The molecule has 94 valence electrons. The van der Waals surface area contributed by atoms with E-state index in [2.05, 4.69) is 12.2 Å². The first kappa shape index (κ1) is 14.4. The number of amides is 1. The maximum absolute atomic E-state index is 11.8. The Morgan fingerprint density at radius 2 is 2.18 bits per heavy atom. The number of carbonyl (C=O) groups is 1. The molecular weight excluding hydrogens is 254 g/mol. The fourth-order valence-corrected chi connectivity index (χ4v) is 2.49. The lowest BCUT2D eigenvalue weighted by atomic mass is 10.3. The second-order valence-corrected chi connectivity index (χ2v) is 5.62. The van der Waals surface area contributed by atoms with E-state index in [1.54, 1.807) is 0 Å². The molecule has 1 unspecified atom stereocenters. The smallest absolute Gasteiger partial charge is 0.233 e. The van der Waals surface area contributed by atoms with Crippen molar-refractivity contribution < 1.29 is 4.79 Å². The van der Waals surface area contributed by atoms with Crippen LogP contribution >= 0.6 is 23.4 Å². The van der Waals surface area contributed by atoms with Gasteiger partial charge in [-0.3, -0.25) is 4.79 Å². The van der Waals surface area contributed by atoms with Crippen LogP contribution in [0, 0.1) is 0 Å². The van der Waals surface area contributed by atoms with E-state index in [0.29, 0.717) is 5.02 Å². The topological polar surface area (TPSA) is 29.1 Å². The van der Waals surface area contributed by atoms with E-state index >= 15 is 0 Å². The molecule has 0 saturated heterocycles. The summed E-state index contributed by atoms with van der Waals surface area (Å²) >= 11 is 7.54. The van der Waals surface area contributed by atoms with Crippen molar-refractivity contribution in [2.45, 2.75) is 36.8 Å². The van der Waals surface area contributed by atoms with Crippen molar-refractivity contribution >= 4 is 29.3 Å². The number of unbranched alkanes of at least 4 members (excludes halogenated alkanes) is 1. The van der Waals surface area contributed by atoms with E-state index in [-0.39, 0.29) is 11.2 Å². The normalized spacial score (nSPS) is 12.2. The molecule has 17 heavy (non-hydrogen) atoms. The fraction of sp³-hybridized carbons (Fsp3) is 0.462. The van der Waals surface area contributed by atoms with E-state index in [1.807, 2.05) is 31.2 Å². The minimum absolute atomic E-state index is 0.0726. The molecule has 4 heteroatoms.